The Morgan fingerprint density at radius 1 is 1.47 bits per heavy atom. The molecule has 2 unspecified atom stereocenters. The van der Waals surface area contributed by atoms with Crippen LogP contribution in [-0.4, -0.2) is 28.6 Å². The first kappa shape index (κ1) is 13.9. The molecule has 0 amide bonds. The van der Waals surface area contributed by atoms with Crippen LogP contribution in [0.1, 0.15) is 37.8 Å². The van der Waals surface area contributed by atoms with Crippen molar-refractivity contribution in [1.82, 2.24) is 4.90 Å². The number of aliphatic carboxylic acids is 1. The Hall–Kier alpha value is -1.49. The van der Waals surface area contributed by atoms with E-state index in [0.29, 0.717) is 6.54 Å². The summed E-state index contributed by atoms with van der Waals surface area (Å²) in [5.41, 5.74) is 0.0276. The minimum atomic E-state index is -0.877. The van der Waals surface area contributed by atoms with E-state index in [-0.39, 0.29) is 18.0 Å². The minimum Gasteiger partial charge on any atom is -0.481 e. The first-order chi connectivity index (χ1) is 9.00. The maximum atomic E-state index is 13.8. The van der Waals surface area contributed by atoms with Crippen LogP contribution in [0.2, 0.25) is 0 Å². The zero-order valence-corrected chi connectivity index (χ0v) is 10.8. The summed E-state index contributed by atoms with van der Waals surface area (Å²) in [4.78, 5) is 12.7. The summed E-state index contributed by atoms with van der Waals surface area (Å²) < 4.78 is 27.5. The summed E-state index contributed by atoms with van der Waals surface area (Å²) in [6, 6.07) is 3.20. The molecule has 104 valence electrons. The number of rotatable bonds is 4. The SMILES string of the molecule is CC(c1c(F)cccc1F)N1CCCC1CC(=O)O. The summed E-state index contributed by atoms with van der Waals surface area (Å²) in [6.07, 6.45) is 1.63. The van der Waals surface area contributed by atoms with Crippen molar-refractivity contribution >= 4 is 5.97 Å². The fraction of sp³-hybridized carbons (Fsp3) is 0.500. The van der Waals surface area contributed by atoms with Gasteiger partial charge in [-0.15, -0.1) is 0 Å². The van der Waals surface area contributed by atoms with E-state index in [1.807, 2.05) is 4.90 Å². The van der Waals surface area contributed by atoms with Crippen LogP contribution in [0.3, 0.4) is 0 Å². The molecule has 0 radical (unpaired) electrons. The van der Waals surface area contributed by atoms with Crippen molar-refractivity contribution in [3.8, 4) is 0 Å². The van der Waals surface area contributed by atoms with E-state index < -0.39 is 23.6 Å². The predicted molar refractivity (Wildman–Crippen MR) is 66.8 cm³/mol. The lowest BCUT2D eigenvalue weighted by atomic mass is 10.0. The molecule has 3 nitrogen and oxygen atoms in total. The highest BCUT2D eigenvalue weighted by atomic mass is 19.1. The van der Waals surface area contributed by atoms with E-state index in [2.05, 4.69) is 0 Å². The van der Waals surface area contributed by atoms with Gasteiger partial charge in [-0.3, -0.25) is 9.69 Å². The van der Waals surface area contributed by atoms with Crippen molar-refractivity contribution in [1.29, 1.82) is 0 Å². The molecule has 1 heterocycles. The molecule has 0 spiro atoms. The van der Waals surface area contributed by atoms with Gasteiger partial charge in [-0.1, -0.05) is 6.07 Å². The summed E-state index contributed by atoms with van der Waals surface area (Å²) in [5.74, 6) is -2.03. The fourth-order valence-electron chi connectivity index (χ4n) is 2.86. The number of hydrogen-bond donors (Lipinski definition) is 1. The Kier molecular flexibility index (Phi) is 4.14. The highest BCUT2D eigenvalue weighted by molar-refractivity contribution is 5.67. The number of carboxylic acid groups (broad SMARTS) is 1. The molecular weight excluding hydrogens is 252 g/mol. The molecule has 1 aliphatic rings. The maximum absolute atomic E-state index is 13.8. The quantitative estimate of drug-likeness (QED) is 0.913. The van der Waals surface area contributed by atoms with E-state index in [1.54, 1.807) is 6.92 Å². The molecule has 1 fully saturated rings. The van der Waals surface area contributed by atoms with Crippen LogP contribution in [0.25, 0.3) is 0 Å². The van der Waals surface area contributed by atoms with Crippen molar-refractivity contribution in [3.05, 3.63) is 35.4 Å². The van der Waals surface area contributed by atoms with Gasteiger partial charge in [-0.2, -0.15) is 0 Å². The molecule has 5 heteroatoms. The van der Waals surface area contributed by atoms with Crippen LogP contribution in [0.4, 0.5) is 8.78 Å². The Labute approximate surface area is 110 Å². The molecule has 0 aliphatic carbocycles. The van der Waals surface area contributed by atoms with Crippen LogP contribution < -0.4 is 0 Å². The maximum Gasteiger partial charge on any atom is 0.304 e. The van der Waals surface area contributed by atoms with Crippen molar-refractivity contribution < 1.29 is 18.7 Å². The van der Waals surface area contributed by atoms with Gasteiger partial charge in [0.05, 0.1) is 6.42 Å². The van der Waals surface area contributed by atoms with Gasteiger partial charge in [0.25, 0.3) is 0 Å². The van der Waals surface area contributed by atoms with Gasteiger partial charge in [-0.25, -0.2) is 8.78 Å². The monoisotopic (exact) mass is 269 g/mol. The largest absolute Gasteiger partial charge is 0.481 e. The van der Waals surface area contributed by atoms with Gasteiger partial charge in [0.2, 0.25) is 0 Å². The molecule has 19 heavy (non-hydrogen) atoms. The molecule has 0 bridgehead atoms. The zero-order valence-electron chi connectivity index (χ0n) is 10.8. The second-order valence-electron chi connectivity index (χ2n) is 4.94. The predicted octanol–water partition coefficient (Wildman–Crippen LogP) is 2.96. The van der Waals surface area contributed by atoms with Crippen molar-refractivity contribution in [2.45, 2.75) is 38.3 Å². The first-order valence-electron chi connectivity index (χ1n) is 6.42. The normalized spacial score (nSPS) is 21.5. The second kappa shape index (κ2) is 5.65. The van der Waals surface area contributed by atoms with Gasteiger partial charge in [0, 0.05) is 17.6 Å². The molecule has 0 aromatic heterocycles. The fourth-order valence-corrected chi connectivity index (χ4v) is 2.86. The lowest BCUT2D eigenvalue weighted by molar-refractivity contribution is -0.138. The molecule has 2 rings (SSSR count). The third-order valence-corrected chi connectivity index (χ3v) is 3.75. The number of likely N-dealkylation sites (tertiary alicyclic amines) is 1. The third kappa shape index (κ3) is 2.92. The number of carbonyl (C=O) groups is 1. The van der Waals surface area contributed by atoms with Crippen molar-refractivity contribution in [2.75, 3.05) is 6.54 Å². The average molecular weight is 269 g/mol. The van der Waals surface area contributed by atoms with Crippen LogP contribution >= 0.6 is 0 Å². The van der Waals surface area contributed by atoms with Gasteiger partial charge in [-0.05, 0) is 38.4 Å². The van der Waals surface area contributed by atoms with Crippen LogP contribution in [0.5, 0.6) is 0 Å². The molecule has 1 N–H and O–H groups in total. The van der Waals surface area contributed by atoms with Crippen molar-refractivity contribution in [2.24, 2.45) is 0 Å². The molecular formula is C14H17F2NO2. The number of carboxylic acids is 1. The number of benzene rings is 1. The van der Waals surface area contributed by atoms with E-state index in [0.717, 1.165) is 12.8 Å². The number of nitrogens with zero attached hydrogens (tertiary/aromatic N) is 1. The van der Waals surface area contributed by atoms with E-state index in [4.69, 9.17) is 5.11 Å². The van der Waals surface area contributed by atoms with E-state index in [1.165, 1.54) is 18.2 Å². The standard InChI is InChI=1S/C14H17F2NO2/c1-9(14-11(15)5-2-6-12(14)16)17-7-3-4-10(17)8-13(18)19/h2,5-6,9-10H,3-4,7-8H2,1H3,(H,18,19). The topological polar surface area (TPSA) is 40.5 Å². The van der Waals surface area contributed by atoms with E-state index in [9.17, 15) is 13.6 Å². The molecule has 0 saturated carbocycles. The van der Waals surface area contributed by atoms with E-state index >= 15 is 0 Å². The summed E-state index contributed by atoms with van der Waals surface area (Å²) in [5, 5.41) is 8.88. The number of halogens is 2. The Morgan fingerprint density at radius 3 is 2.68 bits per heavy atom. The van der Waals surface area contributed by atoms with Gasteiger partial charge in [0.1, 0.15) is 11.6 Å². The molecule has 1 aromatic rings. The molecule has 1 saturated heterocycles. The Bertz CT molecular complexity index is 458. The number of hydrogen-bond acceptors (Lipinski definition) is 2. The molecule has 2 atom stereocenters. The average Bonchev–Trinajstić information content (AvgIpc) is 2.75. The highest BCUT2D eigenvalue weighted by Gasteiger charge is 2.32. The first-order valence-corrected chi connectivity index (χ1v) is 6.42. The zero-order chi connectivity index (χ0) is 14.0. The van der Waals surface area contributed by atoms with Gasteiger partial charge >= 0.3 is 5.97 Å². The Morgan fingerprint density at radius 2 is 2.11 bits per heavy atom. The Balaban J connectivity index is 2.23. The molecule has 1 aromatic carbocycles. The van der Waals surface area contributed by atoms with Crippen LogP contribution in [0, 0.1) is 11.6 Å². The molecule has 1 aliphatic heterocycles. The lowest BCUT2D eigenvalue weighted by Crippen LogP contribution is -2.34. The highest BCUT2D eigenvalue weighted by Crippen LogP contribution is 2.33. The van der Waals surface area contributed by atoms with Crippen LogP contribution in [0.15, 0.2) is 18.2 Å². The minimum absolute atomic E-state index is 0.0143. The summed E-state index contributed by atoms with van der Waals surface area (Å²) in [6.45, 7) is 2.40. The van der Waals surface area contributed by atoms with Gasteiger partial charge in [0.15, 0.2) is 0 Å². The lowest BCUT2D eigenvalue weighted by Gasteiger charge is -2.30. The smallest absolute Gasteiger partial charge is 0.304 e. The summed E-state index contributed by atoms with van der Waals surface area (Å²) >= 11 is 0. The van der Waals surface area contributed by atoms with Crippen LogP contribution in [-0.2, 0) is 4.79 Å². The van der Waals surface area contributed by atoms with Crippen molar-refractivity contribution in [3.63, 3.8) is 0 Å². The van der Waals surface area contributed by atoms with Gasteiger partial charge < -0.3 is 5.11 Å². The second-order valence-corrected chi connectivity index (χ2v) is 4.94. The third-order valence-electron chi connectivity index (χ3n) is 3.75. The summed E-state index contributed by atoms with van der Waals surface area (Å²) in [7, 11) is 0.